The van der Waals surface area contributed by atoms with Gasteiger partial charge in [0.2, 0.25) is 0 Å². The zero-order valence-corrected chi connectivity index (χ0v) is 19.4. The second kappa shape index (κ2) is 10.4. The predicted octanol–water partition coefficient (Wildman–Crippen LogP) is 5.59. The number of carbonyl (C=O) groups excluding carboxylic acids is 1. The lowest BCUT2D eigenvalue weighted by molar-refractivity contribution is 0.0671. The molecule has 4 rings (SSSR count). The summed E-state index contributed by atoms with van der Waals surface area (Å²) in [5, 5.41) is 0.523. The van der Waals surface area contributed by atoms with Gasteiger partial charge in [-0.2, -0.15) is 0 Å². The van der Waals surface area contributed by atoms with E-state index in [4.69, 9.17) is 4.98 Å². The molecule has 0 aliphatic heterocycles. The van der Waals surface area contributed by atoms with E-state index in [0.717, 1.165) is 18.4 Å². The van der Waals surface area contributed by atoms with Crippen LogP contribution in [0.15, 0.2) is 83.7 Å². The number of benzene rings is 3. The van der Waals surface area contributed by atoms with Gasteiger partial charge in [0.15, 0.2) is 0 Å². The maximum absolute atomic E-state index is 14.5. The molecule has 0 aliphatic carbocycles. The second-order valence-corrected chi connectivity index (χ2v) is 8.37. The van der Waals surface area contributed by atoms with Crippen LogP contribution in [-0.4, -0.2) is 26.9 Å². The Labute approximate surface area is 198 Å². The zero-order valence-electron chi connectivity index (χ0n) is 19.4. The first-order chi connectivity index (χ1) is 16.5. The molecule has 3 aromatic carbocycles. The topological polar surface area (TPSA) is 55.2 Å². The molecule has 174 valence electrons. The minimum absolute atomic E-state index is 0.0169. The molecule has 0 radical (unpaired) electrons. The molecule has 1 amide bonds. The Morgan fingerprint density at radius 2 is 1.68 bits per heavy atom. The lowest BCUT2D eigenvalue weighted by atomic mass is 10.1. The van der Waals surface area contributed by atoms with Crippen molar-refractivity contribution in [3.63, 3.8) is 0 Å². The summed E-state index contributed by atoms with van der Waals surface area (Å²) < 4.78 is 16.1. The third-order valence-electron chi connectivity index (χ3n) is 6.03. The molecular weight excluding hydrogens is 429 g/mol. The van der Waals surface area contributed by atoms with Crippen LogP contribution in [0.4, 0.5) is 4.39 Å². The summed E-state index contributed by atoms with van der Waals surface area (Å²) in [5.74, 6) is -0.490. The van der Waals surface area contributed by atoms with Gasteiger partial charge in [-0.1, -0.05) is 67.9 Å². The first-order valence-electron chi connectivity index (χ1n) is 11.6. The van der Waals surface area contributed by atoms with Gasteiger partial charge in [-0.3, -0.25) is 14.2 Å². The third kappa shape index (κ3) is 4.76. The summed E-state index contributed by atoms with van der Waals surface area (Å²) in [5.41, 5.74) is 1.39. The number of amides is 1. The van der Waals surface area contributed by atoms with Crippen molar-refractivity contribution in [1.29, 1.82) is 0 Å². The number of para-hydroxylation sites is 1. The highest BCUT2D eigenvalue weighted by Gasteiger charge is 2.28. The molecule has 1 heterocycles. The van der Waals surface area contributed by atoms with Crippen LogP contribution < -0.4 is 5.56 Å². The van der Waals surface area contributed by atoms with E-state index in [-0.39, 0.29) is 11.1 Å². The van der Waals surface area contributed by atoms with Crippen LogP contribution in [0, 0.1) is 5.82 Å². The average molecular weight is 458 g/mol. The van der Waals surface area contributed by atoms with Crippen LogP contribution in [0.3, 0.4) is 0 Å². The van der Waals surface area contributed by atoms with Crippen LogP contribution in [0.2, 0.25) is 0 Å². The molecule has 1 aromatic heterocycles. The van der Waals surface area contributed by atoms with Crippen molar-refractivity contribution >= 4 is 16.8 Å². The molecule has 4 aromatic rings. The predicted molar refractivity (Wildman–Crippen MR) is 132 cm³/mol. The highest BCUT2D eigenvalue weighted by atomic mass is 19.1. The van der Waals surface area contributed by atoms with Crippen LogP contribution in [-0.2, 0) is 6.54 Å². The van der Waals surface area contributed by atoms with Crippen molar-refractivity contribution < 1.29 is 9.18 Å². The number of nitrogens with zero attached hydrogens (tertiary/aromatic N) is 3. The summed E-state index contributed by atoms with van der Waals surface area (Å²) in [6.45, 7) is 4.65. The van der Waals surface area contributed by atoms with E-state index in [0.29, 0.717) is 29.8 Å². The SMILES string of the molecule is CCCCN(C(=O)c1ccccc1F)C(C)c1nc2ccccc2c(=O)n1Cc1ccccc1. The van der Waals surface area contributed by atoms with Crippen molar-refractivity contribution in [2.75, 3.05) is 6.54 Å². The molecule has 6 heteroatoms. The summed E-state index contributed by atoms with van der Waals surface area (Å²) in [7, 11) is 0. The van der Waals surface area contributed by atoms with Crippen molar-refractivity contribution in [2.24, 2.45) is 0 Å². The molecule has 0 saturated heterocycles. The van der Waals surface area contributed by atoms with Crippen molar-refractivity contribution in [1.82, 2.24) is 14.5 Å². The summed E-state index contributed by atoms with van der Waals surface area (Å²) in [6.07, 6.45) is 1.62. The number of halogens is 1. The lowest BCUT2D eigenvalue weighted by Gasteiger charge is -2.31. The number of hydrogen-bond acceptors (Lipinski definition) is 3. The third-order valence-corrected chi connectivity index (χ3v) is 6.03. The maximum Gasteiger partial charge on any atom is 0.261 e. The Morgan fingerprint density at radius 3 is 2.41 bits per heavy atom. The minimum Gasteiger partial charge on any atom is -0.329 e. The summed E-state index contributed by atoms with van der Waals surface area (Å²) in [4.78, 5) is 33.5. The quantitative estimate of drug-likeness (QED) is 0.347. The Morgan fingerprint density at radius 1 is 1.00 bits per heavy atom. The monoisotopic (exact) mass is 457 g/mol. The van der Waals surface area contributed by atoms with Crippen LogP contribution in [0.5, 0.6) is 0 Å². The zero-order chi connectivity index (χ0) is 24.1. The highest BCUT2D eigenvalue weighted by molar-refractivity contribution is 5.94. The molecule has 34 heavy (non-hydrogen) atoms. The molecule has 0 fully saturated rings. The van der Waals surface area contributed by atoms with Gasteiger partial charge in [0, 0.05) is 6.54 Å². The summed E-state index contributed by atoms with van der Waals surface area (Å²) >= 11 is 0. The van der Waals surface area contributed by atoms with Gasteiger partial charge in [0.25, 0.3) is 11.5 Å². The van der Waals surface area contributed by atoms with E-state index in [1.54, 1.807) is 33.7 Å². The van der Waals surface area contributed by atoms with Gasteiger partial charge in [-0.15, -0.1) is 0 Å². The first-order valence-corrected chi connectivity index (χ1v) is 11.6. The van der Waals surface area contributed by atoms with Crippen molar-refractivity contribution in [3.05, 3.63) is 112 Å². The minimum atomic E-state index is -0.561. The number of fused-ring (bicyclic) bond motifs is 1. The van der Waals surface area contributed by atoms with Gasteiger partial charge in [-0.25, -0.2) is 9.37 Å². The molecule has 0 bridgehead atoms. The lowest BCUT2D eigenvalue weighted by Crippen LogP contribution is -2.39. The van der Waals surface area contributed by atoms with Crippen LogP contribution >= 0.6 is 0 Å². The van der Waals surface area contributed by atoms with Crippen molar-refractivity contribution in [2.45, 2.75) is 39.3 Å². The second-order valence-electron chi connectivity index (χ2n) is 8.37. The molecule has 1 atom stereocenters. The molecular formula is C28H28FN3O2. The molecule has 0 N–H and O–H groups in total. The Bertz CT molecular complexity index is 1350. The highest BCUT2D eigenvalue weighted by Crippen LogP contribution is 2.24. The van der Waals surface area contributed by atoms with E-state index >= 15 is 0 Å². The van der Waals surface area contributed by atoms with Gasteiger partial charge in [0.05, 0.1) is 29.1 Å². The van der Waals surface area contributed by atoms with Crippen molar-refractivity contribution in [3.8, 4) is 0 Å². The van der Waals surface area contributed by atoms with Crippen LogP contribution in [0.25, 0.3) is 10.9 Å². The Hall–Kier alpha value is -3.80. The van der Waals surface area contributed by atoms with E-state index in [1.165, 1.54) is 12.1 Å². The van der Waals surface area contributed by atoms with E-state index in [1.807, 2.05) is 56.3 Å². The fourth-order valence-electron chi connectivity index (χ4n) is 4.15. The number of hydrogen-bond donors (Lipinski definition) is 0. The van der Waals surface area contributed by atoms with Gasteiger partial charge in [0.1, 0.15) is 11.6 Å². The van der Waals surface area contributed by atoms with E-state index < -0.39 is 17.8 Å². The van der Waals surface area contributed by atoms with Gasteiger partial charge < -0.3 is 4.90 Å². The molecule has 0 spiro atoms. The number of rotatable bonds is 8. The molecule has 0 saturated carbocycles. The largest absolute Gasteiger partial charge is 0.329 e. The smallest absolute Gasteiger partial charge is 0.261 e. The Kier molecular flexibility index (Phi) is 7.16. The molecule has 5 nitrogen and oxygen atoms in total. The fourth-order valence-corrected chi connectivity index (χ4v) is 4.15. The van der Waals surface area contributed by atoms with Crippen LogP contribution in [0.1, 0.15) is 54.5 Å². The average Bonchev–Trinajstić information content (AvgIpc) is 2.86. The fraction of sp³-hybridized carbons (Fsp3) is 0.250. The van der Waals surface area contributed by atoms with Gasteiger partial charge >= 0.3 is 0 Å². The van der Waals surface area contributed by atoms with Gasteiger partial charge in [-0.05, 0) is 43.2 Å². The molecule has 1 unspecified atom stereocenters. The number of carbonyl (C=O) groups is 1. The molecule has 0 aliphatic rings. The first kappa shape index (κ1) is 23.4. The normalized spacial score (nSPS) is 12.0. The Balaban J connectivity index is 1.84. The number of aromatic nitrogens is 2. The number of unbranched alkanes of at least 4 members (excludes halogenated alkanes) is 1. The van der Waals surface area contributed by atoms with E-state index in [2.05, 4.69) is 0 Å². The maximum atomic E-state index is 14.5. The standard InChI is InChI=1S/C28H28FN3O2/c1-3-4-18-31(27(33)22-14-8-10-16-24(22)29)20(2)26-30-25-17-11-9-15-23(25)28(34)32(26)19-21-12-6-5-7-13-21/h5-17,20H,3-4,18-19H2,1-2H3. The van der Waals surface area contributed by atoms with E-state index in [9.17, 15) is 14.0 Å². The summed E-state index contributed by atoms with van der Waals surface area (Å²) in [6, 6.07) is 22.4.